The second-order valence-electron chi connectivity index (χ2n) is 5.24. The summed E-state index contributed by atoms with van der Waals surface area (Å²) in [5.74, 6) is -0.947. The summed E-state index contributed by atoms with van der Waals surface area (Å²) in [7, 11) is 1.73. The molecule has 0 aromatic rings. The normalized spacial score (nSPS) is 10.2. The van der Waals surface area contributed by atoms with Gasteiger partial charge >= 0.3 is 0 Å². The van der Waals surface area contributed by atoms with E-state index < -0.39 is 5.97 Å². The minimum atomic E-state index is -1.05. The first-order valence-electron chi connectivity index (χ1n) is 7.62. The average Bonchev–Trinajstić information content (AvgIpc) is 2.41. The van der Waals surface area contributed by atoms with Crippen LogP contribution in [0.5, 0.6) is 0 Å². The Bertz CT molecular complexity index is 289. The summed E-state index contributed by atoms with van der Waals surface area (Å²) in [6.07, 6.45) is 11.0. The molecule has 0 radical (unpaired) electrons. The highest BCUT2D eigenvalue weighted by molar-refractivity contribution is 5.75. The largest absolute Gasteiger partial charge is 0.550 e. The highest BCUT2D eigenvalue weighted by Gasteiger charge is 2.07. The summed E-state index contributed by atoms with van der Waals surface area (Å²) in [5, 5.41) is 10.3. The molecular weight excluding hydrogens is 254 g/mol. The molecule has 0 bridgehead atoms. The predicted molar refractivity (Wildman–Crippen MR) is 79.0 cm³/mol. The van der Waals surface area contributed by atoms with Crippen LogP contribution in [0.1, 0.15) is 64.2 Å². The van der Waals surface area contributed by atoms with Crippen LogP contribution in [-0.2, 0) is 9.59 Å². The number of amides is 1. The van der Waals surface area contributed by atoms with E-state index in [1.807, 2.05) is 6.08 Å². The molecular formula is C16H28NO3-. The van der Waals surface area contributed by atoms with E-state index >= 15 is 0 Å². The van der Waals surface area contributed by atoms with Crippen LogP contribution in [0.2, 0.25) is 0 Å². The van der Waals surface area contributed by atoms with Crippen molar-refractivity contribution in [1.82, 2.24) is 4.90 Å². The highest BCUT2D eigenvalue weighted by atomic mass is 16.4. The van der Waals surface area contributed by atoms with Gasteiger partial charge in [0.05, 0.1) is 0 Å². The molecule has 0 fully saturated rings. The van der Waals surface area contributed by atoms with Crippen molar-refractivity contribution in [2.75, 3.05) is 13.6 Å². The summed E-state index contributed by atoms with van der Waals surface area (Å²) in [6, 6.07) is 0. The lowest BCUT2D eigenvalue weighted by molar-refractivity contribution is -0.305. The van der Waals surface area contributed by atoms with Gasteiger partial charge in [0.25, 0.3) is 0 Å². The second kappa shape index (κ2) is 12.7. The van der Waals surface area contributed by atoms with Gasteiger partial charge in [-0.05, 0) is 32.1 Å². The first-order chi connectivity index (χ1) is 9.57. The van der Waals surface area contributed by atoms with E-state index in [4.69, 9.17) is 0 Å². The smallest absolute Gasteiger partial charge is 0.222 e. The third kappa shape index (κ3) is 11.8. The molecule has 0 aromatic carbocycles. The van der Waals surface area contributed by atoms with Gasteiger partial charge in [0.1, 0.15) is 0 Å². The van der Waals surface area contributed by atoms with Gasteiger partial charge in [-0.25, -0.2) is 0 Å². The van der Waals surface area contributed by atoms with Gasteiger partial charge in [-0.2, -0.15) is 0 Å². The number of carbonyl (C=O) groups is 2. The number of allylic oxidation sites excluding steroid dienone is 1. The average molecular weight is 282 g/mol. The van der Waals surface area contributed by atoms with E-state index in [1.165, 1.54) is 25.7 Å². The van der Waals surface area contributed by atoms with E-state index in [0.29, 0.717) is 19.4 Å². The van der Waals surface area contributed by atoms with Gasteiger partial charge in [-0.15, -0.1) is 6.58 Å². The van der Waals surface area contributed by atoms with E-state index in [-0.39, 0.29) is 12.3 Å². The van der Waals surface area contributed by atoms with Crippen LogP contribution < -0.4 is 5.11 Å². The molecule has 0 aliphatic heterocycles. The minimum Gasteiger partial charge on any atom is -0.550 e. The highest BCUT2D eigenvalue weighted by Crippen LogP contribution is 2.09. The summed E-state index contributed by atoms with van der Waals surface area (Å²) in [4.78, 5) is 23.6. The third-order valence-corrected chi connectivity index (χ3v) is 3.35. The zero-order chi connectivity index (χ0) is 15.2. The Labute approximate surface area is 122 Å². The van der Waals surface area contributed by atoms with Gasteiger partial charge in [0, 0.05) is 26.0 Å². The maximum Gasteiger partial charge on any atom is 0.222 e. The Hall–Kier alpha value is -1.32. The molecule has 0 saturated heterocycles. The van der Waals surface area contributed by atoms with Gasteiger partial charge in [-0.1, -0.05) is 31.8 Å². The third-order valence-electron chi connectivity index (χ3n) is 3.35. The molecule has 0 unspecified atom stereocenters. The Morgan fingerprint density at radius 3 is 2.20 bits per heavy atom. The number of carboxylic acid groups (broad SMARTS) is 1. The molecule has 0 atom stereocenters. The second-order valence-corrected chi connectivity index (χ2v) is 5.24. The molecule has 20 heavy (non-hydrogen) atoms. The monoisotopic (exact) mass is 282 g/mol. The first kappa shape index (κ1) is 18.7. The molecule has 4 nitrogen and oxygen atoms in total. The van der Waals surface area contributed by atoms with Crippen molar-refractivity contribution in [3.63, 3.8) is 0 Å². The number of carboxylic acids is 1. The van der Waals surface area contributed by atoms with Crippen molar-refractivity contribution in [2.45, 2.75) is 64.2 Å². The zero-order valence-corrected chi connectivity index (χ0v) is 12.7. The van der Waals surface area contributed by atoms with Crippen molar-refractivity contribution < 1.29 is 14.7 Å². The lowest BCUT2D eigenvalue weighted by Gasteiger charge is -2.17. The molecule has 0 aliphatic rings. The standard InChI is InChI=1S/C16H29NO3/c1-3-4-5-6-7-8-9-10-12-15(18)17(2)14-11-13-16(19)20/h3H,1,4-14H2,2H3,(H,19,20)/p-1. The quantitative estimate of drug-likeness (QED) is 0.384. The molecule has 0 spiro atoms. The molecule has 0 N–H and O–H groups in total. The fourth-order valence-electron chi connectivity index (χ4n) is 2.05. The van der Waals surface area contributed by atoms with Crippen molar-refractivity contribution in [1.29, 1.82) is 0 Å². The summed E-state index contributed by atoms with van der Waals surface area (Å²) >= 11 is 0. The van der Waals surface area contributed by atoms with Crippen molar-refractivity contribution >= 4 is 11.9 Å². The maximum atomic E-state index is 11.7. The number of unbranched alkanes of at least 4 members (excludes halogenated alkanes) is 6. The number of hydrogen-bond acceptors (Lipinski definition) is 3. The van der Waals surface area contributed by atoms with E-state index in [2.05, 4.69) is 6.58 Å². The van der Waals surface area contributed by atoms with Gasteiger partial charge in [-0.3, -0.25) is 4.79 Å². The molecule has 0 aromatic heterocycles. The van der Waals surface area contributed by atoms with Gasteiger partial charge in [0.15, 0.2) is 0 Å². The number of carbonyl (C=O) groups excluding carboxylic acids is 2. The van der Waals surface area contributed by atoms with Gasteiger partial charge < -0.3 is 14.8 Å². The van der Waals surface area contributed by atoms with Crippen molar-refractivity contribution in [3.05, 3.63) is 12.7 Å². The first-order valence-corrected chi connectivity index (χ1v) is 7.62. The van der Waals surface area contributed by atoms with Crippen LogP contribution in [0.15, 0.2) is 12.7 Å². The lowest BCUT2D eigenvalue weighted by atomic mass is 10.1. The Morgan fingerprint density at radius 2 is 1.60 bits per heavy atom. The zero-order valence-electron chi connectivity index (χ0n) is 12.7. The van der Waals surface area contributed by atoms with E-state index in [0.717, 1.165) is 19.3 Å². The maximum absolute atomic E-state index is 11.7. The van der Waals surface area contributed by atoms with Crippen LogP contribution in [0, 0.1) is 0 Å². The van der Waals surface area contributed by atoms with Crippen molar-refractivity contribution in [2.24, 2.45) is 0 Å². The SMILES string of the molecule is C=CCCCCCCCCC(=O)N(C)CCCC(=O)[O-]. The lowest BCUT2D eigenvalue weighted by Crippen LogP contribution is -2.29. The van der Waals surface area contributed by atoms with Crippen LogP contribution in [0.25, 0.3) is 0 Å². The summed E-state index contributed by atoms with van der Waals surface area (Å²) in [6.45, 7) is 4.19. The van der Waals surface area contributed by atoms with Crippen molar-refractivity contribution in [3.8, 4) is 0 Å². The minimum absolute atomic E-state index is 0.0162. The van der Waals surface area contributed by atoms with Gasteiger partial charge in [0.2, 0.25) is 5.91 Å². The summed E-state index contributed by atoms with van der Waals surface area (Å²) < 4.78 is 0. The number of rotatable bonds is 13. The van der Waals surface area contributed by atoms with Crippen LogP contribution in [-0.4, -0.2) is 30.4 Å². The Kier molecular flexibility index (Phi) is 11.9. The number of aliphatic carboxylic acids is 1. The van der Waals surface area contributed by atoms with Crippen LogP contribution >= 0.6 is 0 Å². The topological polar surface area (TPSA) is 60.4 Å². The van der Waals surface area contributed by atoms with E-state index in [1.54, 1.807) is 11.9 Å². The fourth-order valence-corrected chi connectivity index (χ4v) is 2.05. The predicted octanol–water partition coefficient (Wildman–Crippen LogP) is 2.28. The molecule has 0 aliphatic carbocycles. The number of hydrogen-bond donors (Lipinski definition) is 0. The summed E-state index contributed by atoms with van der Waals surface area (Å²) in [5.41, 5.74) is 0. The molecule has 0 rings (SSSR count). The Balaban J connectivity index is 3.42. The fraction of sp³-hybridized carbons (Fsp3) is 0.750. The molecule has 0 heterocycles. The van der Waals surface area contributed by atoms with Crippen LogP contribution in [0.3, 0.4) is 0 Å². The molecule has 0 saturated carbocycles. The molecule has 1 amide bonds. The number of nitrogens with zero attached hydrogens (tertiary/aromatic N) is 1. The van der Waals surface area contributed by atoms with E-state index in [9.17, 15) is 14.7 Å². The van der Waals surface area contributed by atoms with Crippen LogP contribution in [0.4, 0.5) is 0 Å². The Morgan fingerprint density at radius 1 is 1.00 bits per heavy atom. The molecule has 116 valence electrons. The molecule has 4 heteroatoms.